The number of ether oxygens (including phenoxy) is 2. The molecule has 0 unspecified atom stereocenters. The van der Waals surface area contributed by atoms with Crippen LogP contribution in [0.15, 0.2) is 109 Å². The zero-order valence-electron chi connectivity index (χ0n) is 25.2. The molecular formula is C36H41N3O5. The topological polar surface area (TPSA) is 103 Å². The Morgan fingerprint density at radius 3 is 2.16 bits per heavy atom. The minimum atomic E-state index is -0.636. The number of amides is 2. The lowest BCUT2D eigenvalue weighted by molar-refractivity contribution is -0.253. The summed E-state index contributed by atoms with van der Waals surface area (Å²) < 4.78 is 13.0. The number of nitrogens with one attached hydrogen (secondary N) is 2. The minimum absolute atomic E-state index is 0.0166. The monoisotopic (exact) mass is 595 g/mol. The van der Waals surface area contributed by atoms with Gasteiger partial charge in [-0.05, 0) is 48.4 Å². The molecule has 8 nitrogen and oxygen atoms in total. The number of hydrogen-bond donors (Lipinski definition) is 4. The van der Waals surface area contributed by atoms with Gasteiger partial charge in [-0.15, -0.1) is 0 Å². The smallest absolute Gasteiger partial charge is 0.319 e. The van der Waals surface area contributed by atoms with E-state index < -0.39 is 12.4 Å². The number of aliphatic hydroxyl groups excluding tert-OH is 2. The lowest BCUT2D eigenvalue weighted by Crippen LogP contribution is -2.43. The predicted octanol–water partition coefficient (Wildman–Crippen LogP) is 6.10. The van der Waals surface area contributed by atoms with Crippen molar-refractivity contribution in [3.8, 4) is 0 Å². The van der Waals surface area contributed by atoms with E-state index in [-0.39, 0.29) is 30.9 Å². The van der Waals surface area contributed by atoms with Crippen molar-refractivity contribution in [2.45, 2.75) is 57.1 Å². The van der Waals surface area contributed by atoms with Crippen molar-refractivity contribution in [3.05, 3.63) is 137 Å². The van der Waals surface area contributed by atoms with Crippen molar-refractivity contribution < 1.29 is 24.5 Å². The number of rotatable bonds is 11. The standard InChI is InChI=1S/C36H41N3O5/c1-25(34(41)29-11-7-4-8-12-29)39(2)23-32-21-33(28-15-13-27(24-40)14-16-28)44-35(43-32)30-17-19-31(20-18-30)38-36(42)37-22-26-9-5-3-6-10-26/h3-20,25,32-35,40-41H,21-24H2,1-2H3,(H2,37,38,42)/t25-,32-,33+,34-,35+/m1/s1. The Hall–Kier alpha value is -4.05. The molecule has 0 spiro atoms. The fraction of sp³-hybridized carbons (Fsp3) is 0.306. The van der Waals surface area contributed by atoms with E-state index in [4.69, 9.17) is 9.47 Å². The summed E-state index contributed by atoms with van der Waals surface area (Å²) >= 11 is 0. The maximum absolute atomic E-state index is 12.4. The highest BCUT2D eigenvalue weighted by atomic mass is 16.7. The van der Waals surface area contributed by atoms with Gasteiger partial charge >= 0.3 is 6.03 Å². The molecule has 8 heteroatoms. The average Bonchev–Trinajstić information content (AvgIpc) is 3.07. The number of urea groups is 1. The second-order valence-corrected chi connectivity index (χ2v) is 11.3. The summed E-state index contributed by atoms with van der Waals surface area (Å²) in [5.74, 6) is 0. The van der Waals surface area contributed by atoms with Crippen LogP contribution in [-0.4, -0.2) is 46.9 Å². The van der Waals surface area contributed by atoms with Crippen LogP contribution in [0.2, 0.25) is 0 Å². The summed E-state index contributed by atoms with van der Waals surface area (Å²) in [6.45, 7) is 3.03. The van der Waals surface area contributed by atoms with Crippen molar-refractivity contribution in [1.29, 1.82) is 0 Å². The van der Waals surface area contributed by atoms with Crippen LogP contribution in [0.25, 0.3) is 0 Å². The number of aliphatic hydroxyl groups is 2. The molecule has 5 atom stereocenters. The molecule has 1 aliphatic rings. The van der Waals surface area contributed by atoms with Gasteiger partial charge in [-0.2, -0.15) is 0 Å². The second kappa shape index (κ2) is 15.1. The van der Waals surface area contributed by atoms with E-state index in [0.29, 0.717) is 25.2 Å². The molecule has 4 aromatic carbocycles. The van der Waals surface area contributed by atoms with Crippen molar-refractivity contribution in [1.82, 2.24) is 10.2 Å². The first-order valence-corrected chi connectivity index (χ1v) is 15.0. The molecule has 2 amide bonds. The first kappa shape index (κ1) is 31.4. The molecule has 4 aromatic rings. The van der Waals surface area contributed by atoms with Crippen LogP contribution in [0.1, 0.15) is 59.7 Å². The first-order chi connectivity index (χ1) is 21.4. The Morgan fingerprint density at radius 1 is 0.864 bits per heavy atom. The van der Waals surface area contributed by atoms with Gasteiger partial charge in [0.1, 0.15) is 0 Å². The molecule has 0 aromatic heterocycles. The van der Waals surface area contributed by atoms with Gasteiger partial charge in [0, 0.05) is 36.8 Å². The van der Waals surface area contributed by atoms with Crippen molar-refractivity contribution >= 4 is 11.7 Å². The Bertz CT molecular complexity index is 1450. The quantitative estimate of drug-likeness (QED) is 0.167. The highest BCUT2D eigenvalue weighted by molar-refractivity contribution is 5.89. The molecule has 1 aliphatic heterocycles. The van der Waals surface area contributed by atoms with Crippen LogP contribution < -0.4 is 10.6 Å². The molecule has 1 fully saturated rings. The highest BCUT2D eigenvalue weighted by Gasteiger charge is 2.34. The number of anilines is 1. The Kier molecular flexibility index (Phi) is 10.8. The Morgan fingerprint density at radius 2 is 1.50 bits per heavy atom. The molecule has 0 radical (unpaired) electrons. The number of carbonyl (C=O) groups excluding carboxylic acids is 1. The molecule has 44 heavy (non-hydrogen) atoms. The van der Waals surface area contributed by atoms with Crippen LogP contribution in [0.4, 0.5) is 10.5 Å². The van der Waals surface area contributed by atoms with Crippen molar-refractivity contribution in [2.24, 2.45) is 0 Å². The van der Waals surface area contributed by atoms with Crippen LogP contribution >= 0.6 is 0 Å². The summed E-state index contributed by atoms with van der Waals surface area (Å²) in [6.07, 6.45) is -1.03. The SMILES string of the molecule is C[C@H]([C@@H](O)c1ccccc1)N(C)C[C@H]1C[C@@H](c2ccc(CO)cc2)O[C@@H](c2ccc(NC(=O)NCc3ccccc3)cc2)O1. The van der Waals surface area contributed by atoms with Gasteiger partial charge in [0.15, 0.2) is 6.29 Å². The van der Waals surface area contributed by atoms with Crippen LogP contribution in [-0.2, 0) is 22.6 Å². The number of nitrogens with zero attached hydrogens (tertiary/aromatic N) is 1. The van der Waals surface area contributed by atoms with E-state index >= 15 is 0 Å². The van der Waals surface area contributed by atoms with Crippen molar-refractivity contribution in [2.75, 3.05) is 18.9 Å². The number of hydrogen-bond acceptors (Lipinski definition) is 6. The largest absolute Gasteiger partial charge is 0.392 e. The fourth-order valence-corrected chi connectivity index (χ4v) is 5.37. The third-order valence-corrected chi connectivity index (χ3v) is 8.14. The third kappa shape index (κ3) is 8.31. The minimum Gasteiger partial charge on any atom is -0.392 e. The third-order valence-electron chi connectivity index (χ3n) is 8.14. The molecular weight excluding hydrogens is 554 g/mol. The van der Waals surface area contributed by atoms with Crippen LogP contribution in [0, 0.1) is 0 Å². The van der Waals surface area contributed by atoms with Gasteiger partial charge in [0.2, 0.25) is 0 Å². The lowest BCUT2D eigenvalue weighted by Gasteiger charge is -2.39. The molecule has 1 saturated heterocycles. The highest BCUT2D eigenvalue weighted by Crippen LogP contribution is 2.38. The fourth-order valence-electron chi connectivity index (χ4n) is 5.37. The molecule has 4 N–H and O–H groups in total. The van der Waals surface area contributed by atoms with Gasteiger partial charge in [0.25, 0.3) is 0 Å². The predicted molar refractivity (Wildman–Crippen MR) is 171 cm³/mol. The van der Waals surface area contributed by atoms with Gasteiger partial charge in [-0.3, -0.25) is 4.90 Å². The number of benzene rings is 4. The van der Waals surface area contributed by atoms with E-state index in [9.17, 15) is 15.0 Å². The van der Waals surface area contributed by atoms with Gasteiger partial charge in [0.05, 0.1) is 24.9 Å². The van der Waals surface area contributed by atoms with Crippen LogP contribution in [0.3, 0.4) is 0 Å². The van der Waals surface area contributed by atoms with E-state index in [1.807, 2.05) is 123 Å². The van der Waals surface area contributed by atoms with E-state index in [1.165, 1.54) is 0 Å². The summed E-state index contributed by atoms with van der Waals surface area (Å²) in [7, 11) is 2.00. The summed E-state index contributed by atoms with van der Waals surface area (Å²) in [4.78, 5) is 14.6. The van der Waals surface area contributed by atoms with Crippen LogP contribution in [0.5, 0.6) is 0 Å². The lowest BCUT2D eigenvalue weighted by atomic mass is 9.98. The number of likely N-dealkylation sites (N-methyl/N-ethyl adjacent to an activating group) is 1. The summed E-state index contributed by atoms with van der Waals surface area (Å²) in [5, 5.41) is 26.3. The first-order valence-electron chi connectivity index (χ1n) is 15.0. The Labute approximate surface area is 259 Å². The van der Waals surface area contributed by atoms with E-state index in [0.717, 1.165) is 27.8 Å². The normalized spacial score (nSPS) is 19.7. The molecule has 0 saturated carbocycles. The summed E-state index contributed by atoms with van der Waals surface area (Å²) in [5.41, 5.74) is 5.24. The molecule has 0 bridgehead atoms. The molecule has 5 rings (SSSR count). The molecule has 0 aliphatic carbocycles. The average molecular weight is 596 g/mol. The maximum Gasteiger partial charge on any atom is 0.319 e. The molecule has 1 heterocycles. The van der Waals surface area contributed by atoms with Gasteiger partial charge < -0.3 is 30.3 Å². The van der Waals surface area contributed by atoms with Gasteiger partial charge in [-0.25, -0.2) is 4.79 Å². The van der Waals surface area contributed by atoms with E-state index in [2.05, 4.69) is 15.5 Å². The molecule has 230 valence electrons. The second-order valence-electron chi connectivity index (χ2n) is 11.3. The van der Waals surface area contributed by atoms with E-state index in [1.54, 1.807) is 0 Å². The summed E-state index contributed by atoms with van der Waals surface area (Å²) in [6, 6.07) is 34.3. The van der Waals surface area contributed by atoms with Crippen molar-refractivity contribution in [3.63, 3.8) is 0 Å². The maximum atomic E-state index is 12.4. The zero-order valence-corrected chi connectivity index (χ0v) is 25.2. The van der Waals surface area contributed by atoms with Gasteiger partial charge in [-0.1, -0.05) is 97.1 Å². The number of carbonyl (C=O) groups is 1. The zero-order chi connectivity index (χ0) is 30.9. The Balaban J connectivity index is 1.26.